The van der Waals surface area contributed by atoms with E-state index in [-0.39, 0.29) is 11.4 Å². The van der Waals surface area contributed by atoms with Crippen molar-refractivity contribution in [1.29, 1.82) is 0 Å². The number of hydrogen-bond donors (Lipinski definition) is 1. The number of aromatic hydroxyl groups is 1. The second-order valence-electron chi connectivity index (χ2n) is 3.67. The van der Waals surface area contributed by atoms with Crippen LogP contribution in [-0.4, -0.2) is 35.3 Å². The average molecular weight is 260 g/mol. The number of benzene rings is 1. The fourth-order valence-electron chi connectivity index (χ4n) is 1.56. The van der Waals surface area contributed by atoms with Crippen LogP contribution in [0.4, 0.5) is 0 Å². The number of rotatable bonds is 3. The van der Waals surface area contributed by atoms with Crippen molar-refractivity contribution in [2.75, 3.05) is 14.2 Å². The highest BCUT2D eigenvalue weighted by atomic mass is 16.5. The average Bonchev–Trinajstić information content (AvgIpc) is 2.46. The maximum absolute atomic E-state index is 11.4. The molecule has 0 aliphatic carbocycles. The van der Waals surface area contributed by atoms with Gasteiger partial charge < -0.3 is 14.6 Å². The molecule has 0 saturated carbocycles. The minimum atomic E-state index is -0.563. The topological polar surface area (TPSA) is 81.5 Å². The van der Waals surface area contributed by atoms with Gasteiger partial charge in [-0.05, 0) is 18.2 Å². The largest absolute Gasteiger partial charge is 0.504 e. The Hall–Kier alpha value is -2.63. The summed E-state index contributed by atoms with van der Waals surface area (Å²) in [6, 6.07) is 4.81. The highest BCUT2D eigenvalue weighted by Crippen LogP contribution is 2.30. The quantitative estimate of drug-likeness (QED) is 0.845. The van der Waals surface area contributed by atoms with E-state index >= 15 is 0 Å². The Labute approximate surface area is 109 Å². The first-order valence-corrected chi connectivity index (χ1v) is 5.43. The van der Waals surface area contributed by atoms with Crippen LogP contribution in [0.25, 0.3) is 11.3 Å². The van der Waals surface area contributed by atoms with E-state index in [1.807, 2.05) is 0 Å². The standard InChI is InChI=1S/C13H12N2O4/c1-18-12-4-3-8(5-11(12)16)9-6-14-7-10(15-9)13(17)19-2/h3-7,16H,1-2H3. The lowest BCUT2D eigenvalue weighted by Crippen LogP contribution is -2.05. The fraction of sp³-hybridized carbons (Fsp3) is 0.154. The van der Waals surface area contributed by atoms with Crippen LogP contribution in [0.3, 0.4) is 0 Å². The zero-order valence-electron chi connectivity index (χ0n) is 10.5. The Kier molecular flexibility index (Phi) is 3.61. The lowest BCUT2D eigenvalue weighted by Gasteiger charge is -2.06. The molecule has 1 aromatic carbocycles. The van der Waals surface area contributed by atoms with Crippen LogP contribution in [0.5, 0.6) is 11.5 Å². The van der Waals surface area contributed by atoms with E-state index in [9.17, 15) is 9.90 Å². The molecule has 0 fully saturated rings. The lowest BCUT2D eigenvalue weighted by molar-refractivity contribution is 0.0593. The number of carbonyl (C=O) groups is 1. The Morgan fingerprint density at radius 3 is 2.68 bits per heavy atom. The number of phenolic OH excluding ortho intramolecular Hbond substituents is 1. The molecule has 1 N–H and O–H groups in total. The van der Waals surface area contributed by atoms with Crippen LogP contribution in [-0.2, 0) is 4.74 Å². The molecule has 2 aromatic rings. The summed E-state index contributed by atoms with van der Waals surface area (Å²) in [7, 11) is 2.74. The molecule has 1 heterocycles. The molecule has 19 heavy (non-hydrogen) atoms. The third-order valence-corrected chi connectivity index (χ3v) is 2.50. The summed E-state index contributed by atoms with van der Waals surface area (Å²) in [5.74, 6) is -0.210. The van der Waals surface area contributed by atoms with Gasteiger partial charge in [0.05, 0.1) is 32.3 Å². The van der Waals surface area contributed by atoms with Gasteiger partial charge in [-0.3, -0.25) is 4.98 Å². The van der Waals surface area contributed by atoms with Crippen molar-refractivity contribution in [3.8, 4) is 22.8 Å². The number of hydrogen-bond acceptors (Lipinski definition) is 6. The van der Waals surface area contributed by atoms with Crippen molar-refractivity contribution in [3.05, 3.63) is 36.3 Å². The van der Waals surface area contributed by atoms with Gasteiger partial charge in [-0.15, -0.1) is 0 Å². The summed E-state index contributed by atoms with van der Waals surface area (Å²) in [4.78, 5) is 19.4. The van der Waals surface area contributed by atoms with Crippen LogP contribution in [0.15, 0.2) is 30.6 Å². The van der Waals surface area contributed by atoms with Crippen molar-refractivity contribution in [3.63, 3.8) is 0 Å². The number of carbonyl (C=O) groups excluding carboxylic acids is 1. The second kappa shape index (κ2) is 5.34. The summed E-state index contributed by atoms with van der Waals surface area (Å²) in [5.41, 5.74) is 1.19. The highest BCUT2D eigenvalue weighted by Gasteiger charge is 2.11. The Morgan fingerprint density at radius 1 is 1.26 bits per heavy atom. The van der Waals surface area contributed by atoms with Gasteiger partial charge in [-0.2, -0.15) is 0 Å². The van der Waals surface area contributed by atoms with E-state index in [4.69, 9.17) is 4.74 Å². The van der Waals surface area contributed by atoms with Gasteiger partial charge in [-0.25, -0.2) is 9.78 Å². The maximum Gasteiger partial charge on any atom is 0.358 e. The number of phenols is 1. The number of nitrogens with zero attached hydrogens (tertiary/aromatic N) is 2. The minimum absolute atomic E-state index is 0.00901. The second-order valence-corrected chi connectivity index (χ2v) is 3.67. The van der Waals surface area contributed by atoms with Gasteiger partial charge >= 0.3 is 5.97 Å². The van der Waals surface area contributed by atoms with Gasteiger partial charge in [-0.1, -0.05) is 0 Å². The van der Waals surface area contributed by atoms with Crippen molar-refractivity contribution < 1.29 is 19.4 Å². The van der Waals surface area contributed by atoms with E-state index in [0.29, 0.717) is 17.0 Å². The molecule has 98 valence electrons. The molecule has 0 amide bonds. The normalized spacial score (nSPS) is 10.0. The van der Waals surface area contributed by atoms with Gasteiger partial charge in [0.25, 0.3) is 0 Å². The number of methoxy groups -OCH3 is 2. The van der Waals surface area contributed by atoms with Crippen molar-refractivity contribution in [2.45, 2.75) is 0 Å². The molecule has 0 saturated heterocycles. The fourth-order valence-corrected chi connectivity index (χ4v) is 1.56. The SMILES string of the molecule is COC(=O)c1cncc(-c2ccc(OC)c(O)c2)n1. The highest BCUT2D eigenvalue weighted by molar-refractivity contribution is 5.87. The smallest absolute Gasteiger partial charge is 0.358 e. The third-order valence-electron chi connectivity index (χ3n) is 2.50. The zero-order valence-corrected chi connectivity index (χ0v) is 10.5. The van der Waals surface area contributed by atoms with E-state index in [0.717, 1.165) is 0 Å². The Bertz CT molecular complexity index is 613. The molecule has 1 aromatic heterocycles. The van der Waals surface area contributed by atoms with Gasteiger partial charge in [0.2, 0.25) is 0 Å². The third kappa shape index (κ3) is 2.62. The molecule has 0 aliphatic heterocycles. The van der Waals surface area contributed by atoms with E-state index in [2.05, 4.69) is 14.7 Å². The van der Waals surface area contributed by atoms with Crippen LogP contribution in [0.1, 0.15) is 10.5 Å². The molecule has 0 bridgehead atoms. The molecule has 0 unspecified atom stereocenters. The summed E-state index contributed by atoms with van der Waals surface area (Å²) in [6.45, 7) is 0. The van der Waals surface area contributed by atoms with Crippen molar-refractivity contribution in [2.24, 2.45) is 0 Å². The van der Waals surface area contributed by atoms with E-state index in [1.165, 1.54) is 32.7 Å². The van der Waals surface area contributed by atoms with Crippen LogP contribution >= 0.6 is 0 Å². The monoisotopic (exact) mass is 260 g/mol. The summed E-state index contributed by atoms with van der Waals surface area (Å²) < 4.78 is 9.53. The predicted octanol–water partition coefficient (Wildman–Crippen LogP) is 1.64. The minimum Gasteiger partial charge on any atom is -0.504 e. The Balaban J connectivity index is 2.41. The zero-order chi connectivity index (χ0) is 13.8. The molecule has 0 radical (unpaired) electrons. The summed E-state index contributed by atoms with van der Waals surface area (Å²) >= 11 is 0. The first kappa shape index (κ1) is 12.8. The van der Waals surface area contributed by atoms with Gasteiger partial charge in [0.15, 0.2) is 17.2 Å². The molecule has 0 spiro atoms. The number of esters is 1. The van der Waals surface area contributed by atoms with Crippen LogP contribution in [0.2, 0.25) is 0 Å². The van der Waals surface area contributed by atoms with Gasteiger partial charge in [0, 0.05) is 5.56 Å². The number of aromatic nitrogens is 2. The molecule has 6 nitrogen and oxygen atoms in total. The Morgan fingerprint density at radius 2 is 2.05 bits per heavy atom. The first-order chi connectivity index (χ1) is 9.15. The predicted molar refractivity (Wildman–Crippen MR) is 67.0 cm³/mol. The molecular formula is C13H12N2O4. The molecule has 6 heteroatoms. The lowest BCUT2D eigenvalue weighted by atomic mass is 10.1. The number of ether oxygens (including phenoxy) is 2. The maximum atomic E-state index is 11.4. The van der Waals surface area contributed by atoms with Crippen LogP contribution in [0, 0.1) is 0 Å². The van der Waals surface area contributed by atoms with Crippen molar-refractivity contribution in [1.82, 2.24) is 9.97 Å². The molecule has 0 atom stereocenters. The molecule has 2 rings (SSSR count). The van der Waals surface area contributed by atoms with E-state index in [1.54, 1.807) is 12.1 Å². The first-order valence-electron chi connectivity index (χ1n) is 5.43. The van der Waals surface area contributed by atoms with Crippen molar-refractivity contribution >= 4 is 5.97 Å². The van der Waals surface area contributed by atoms with Gasteiger partial charge in [0.1, 0.15) is 0 Å². The van der Waals surface area contributed by atoms with E-state index < -0.39 is 5.97 Å². The van der Waals surface area contributed by atoms with Crippen LogP contribution < -0.4 is 4.74 Å². The molecular weight excluding hydrogens is 248 g/mol. The summed E-state index contributed by atoms with van der Waals surface area (Å²) in [6.07, 6.45) is 2.81. The summed E-state index contributed by atoms with van der Waals surface area (Å²) in [5, 5.41) is 9.71. The molecule has 0 aliphatic rings.